The second-order valence-corrected chi connectivity index (χ2v) is 5.86. The maximum absolute atomic E-state index is 12.5. The standard InChI is InChI=1S/C18H18ClN3O2/c1-3-14(15-10-11-20-22(15)2)21-18(23)17-9-8-16(24-17)12-6-4-5-7-13(12)19/h4-11,14H,3H2,1-2H3,(H,21,23)/t14-/m1/s1. The summed E-state index contributed by atoms with van der Waals surface area (Å²) in [4.78, 5) is 12.5. The summed E-state index contributed by atoms with van der Waals surface area (Å²) < 4.78 is 7.44. The predicted octanol–water partition coefficient (Wildman–Crippen LogP) is 4.21. The summed E-state index contributed by atoms with van der Waals surface area (Å²) in [6.07, 6.45) is 2.47. The van der Waals surface area contributed by atoms with Crippen molar-refractivity contribution in [1.82, 2.24) is 15.1 Å². The van der Waals surface area contributed by atoms with E-state index >= 15 is 0 Å². The Balaban J connectivity index is 1.79. The first-order valence-corrected chi connectivity index (χ1v) is 8.11. The second-order valence-electron chi connectivity index (χ2n) is 5.46. The molecule has 0 saturated heterocycles. The number of amides is 1. The van der Waals surface area contributed by atoms with Crippen LogP contribution < -0.4 is 5.32 Å². The number of hydrogen-bond donors (Lipinski definition) is 1. The van der Waals surface area contributed by atoms with Crippen molar-refractivity contribution < 1.29 is 9.21 Å². The van der Waals surface area contributed by atoms with Gasteiger partial charge in [-0.3, -0.25) is 9.48 Å². The van der Waals surface area contributed by atoms with E-state index < -0.39 is 0 Å². The minimum absolute atomic E-state index is 0.126. The van der Waals surface area contributed by atoms with E-state index in [2.05, 4.69) is 10.4 Å². The first kappa shape index (κ1) is 16.3. The van der Waals surface area contributed by atoms with Crippen LogP contribution in [-0.2, 0) is 7.05 Å². The van der Waals surface area contributed by atoms with Crippen LogP contribution >= 0.6 is 11.6 Å². The molecule has 3 rings (SSSR count). The highest BCUT2D eigenvalue weighted by Crippen LogP contribution is 2.29. The number of carbonyl (C=O) groups is 1. The molecule has 0 spiro atoms. The second kappa shape index (κ2) is 6.93. The molecule has 5 nitrogen and oxygen atoms in total. The van der Waals surface area contributed by atoms with E-state index in [-0.39, 0.29) is 17.7 Å². The van der Waals surface area contributed by atoms with Crippen molar-refractivity contribution in [3.63, 3.8) is 0 Å². The van der Waals surface area contributed by atoms with E-state index in [9.17, 15) is 4.79 Å². The van der Waals surface area contributed by atoms with E-state index in [0.29, 0.717) is 10.8 Å². The zero-order valence-electron chi connectivity index (χ0n) is 13.5. The number of carbonyl (C=O) groups excluding carboxylic acids is 1. The maximum Gasteiger partial charge on any atom is 0.287 e. The number of hydrogen-bond acceptors (Lipinski definition) is 3. The Morgan fingerprint density at radius 1 is 1.29 bits per heavy atom. The topological polar surface area (TPSA) is 60.1 Å². The van der Waals surface area contributed by atoms with Gasteiger partial charge in [-0.15, -0.1) is 0 Å². The molecule has 0 aliphatic rings. The van der Waals surface area contributed by atoms with Crippen LogP contribution in [0.2, 0.25) is 5.02 Å². The lowest BCUT2D eigenvalue weighted by Crippen LogP contribution is -2.29. The number of rotatable bonds is 5. The molecule has 0 bridgehead atoms. The van der Waals surface area contributed by atoms with Crippen molar-refractivity contribution in [1.29, 1.82) is 0 Å². The molecule has 0 saturated carbocycles. The molecule has 0 unspecified atom stereocenters. The Morgan fingerprint density at radius 2 is 2.08 bits per heavy atom. The third-order valence-electron chi connectivity index (χ3n) is 3.90. The number of halogens is 1. The number of furan rings is 1. The minimum atomic E-state index is -0.263. The van der Waals surface area contributed by atoms with Crippen molar-refractivity contribution in [2.45, 2.75) is 19.4 Å². The van der Waals surface area contributed by atoms with E-state index in [1.165, 1.54) is 0 Å². The van der Waals surface area contributed by atoms with Gasteiger partial charge < -0.3 is 9.73 Å². The molecule has 124 valence electrons. The molecule has 0 fully saturated rings. The Morgan fingerprint density at radius 3 is 2.75 bits per heavy atom. The summed E-state index contributed by atoms with van der Waals surface area (Å²) in [7, 11) is 1.85. The Kier molecular flexibility index (Phi) is 4.71. The highest BCUT2D eigenvalue weighted by molar-refractivity contribution is 6.33. The number of aryl methyl sites for hydroxylation is 1. The van der Waals surface area contributed by atoms with Gasteiger partial charge in [-0.25, -0.2) is 0 Å². The molecule has 2 aromatic heterocycles. The summed E-state index contributed by atoms with van der Waals surface area (Å²) in [6, 6.07) is 12.5. The molecule has 6 heteroatoms. The van der Waals surface area contributed by atoms with Crippen LogP contribution in [0.15, 0.2) is 53.1 Å². The lowest BCUT2D eigenvalue weighted by molar-refractivity contribution is 0.0906. The summed E-state index contributed by atoms with van der Waals surface area (Å²) in [5.74, 6) is 0.561. The van der Waals surface area contributed by atoms with Crippen LogP contribution in [0.25, 0.3) is 11.3 Å². The number of nitrogens with one attached hydrogen (secondary N) is 1. The molecule has 1 N–H and O–H groups in total. The zero-order valence-corrected chi connectivity index (χ0v) is 14.2. The van der Waals surface area contributed by atoms with Crippen molar-refractivity contribution >= 4 is 17.5 Å². The summed E-state index contributed by atoms with van der Waals surface area (Å²) in [5, 5.41) is 7.71. The molecule has 1 aromatic carbocycles. The van der Waals surface area contributed by atoms with Gasteiger partial charge in [0.2, 0.25) is 0 Å². The van der Waals surface area contributed by atoms with Gasteiger partial charge in [0.15, 0.2) is 5.76 Å². The van der Waals surface area contributed by atoms with Gasteiger partial charge in [-0.1, -0.05) is 30.7 Å². The van der Waals surface area contributed by atoms with Crippen molar-refractivity contribution in [3.8, 4) is 11.3 Å². The molecular formula is C18H18ClN3O2. The van der Waals surface area contributed by atoms with E-state index in [0.717, 1.165) is 17.7 Å². The van der Waals surface area contributed by atoms with Crippen LogP contribution in [0.4, 0.5) is 0 Å². The fourth-order valence-corrected chi connectivity index (χ4v) is 2.84. The van der Waals surface area contributed by atoms with Gasteiger partial charge in [0.1, 0.15) is 5.76 Å². The first-order valence-electron chi connectivity index (χ1n) is 7.73. The monoisotopic (exact) mass is 343 g/mol. The normalized spacial score (nSPS) is 12.1. The summed E-state index contributed by atoms with van der Waals surface area (Å²) in [6.45, 7) is 2.01. The third kappa shape index (κ3) is 3.21. The van der Waals surface area contributed by atoms with Crippen LogP contribution in [-0.4, -0.2) is 15.7 Å². The smallest absolute Gasteiger partial charge is 0.287 e. The van der Waals surface area contributed by atoms with Crippen LogP contribution in [0.5, 0.6) is 0 Å². The first-order chi connectivity index (χ1) is 11.6. The molecular weight excluding hydrogens is 326 g/mol. The Bertz CT molecular complexity index is 853. The van der Waals surface area contributed by atoms with Crippen LogP contribution in [0, 0.1) is 0 Å². The van der Waals surface area contributed by atoms with E-state index in [1.54, 1.807) is 29.1 Å². The minimum Gasteiger partial charge on any atom is -0.451 e. The molecule has 0 aliphatic heterocycles. The lowest BCUT2D eigenvalue weighted by Gasteiger charge is -2.16. The molecule has 2 heterocycles. The SMILES string of the molecule is CC[C@@H](NC(=O)c1ccc(-c2ccccc2Cl)o1)c1ccnn1C. The molecule has 0 radical (unpaired) electrons. The summed E-state index contributed by atoms with van der Waals surface area (Å²) in [5.41, 5.74) is 1.71. The van der Waals surface area contributed by atoms with Gasteiger partial charge in [-0.05, 0) is 36.8 Å². The summed E-state index contributed by atoms with van der Waals surface area (Å²) >= 11 is 6.17. The fraction of sp³-hybridized carbons (Fsp3) is 0.222. The predicted molar refractivity (Wildman–Crippen MR) is 92.9 cm³/mol. The van der Waals surface area contributed by atoms with Crippen LogP contribution in [0.1, 0.15) is 35.6 Å². The number of nitrogens with zero attached hydrogens (tertiary/aromatic N) is 2. The lowest BCUT2D eigenvalue weighted by atomic mass is 10.1. The number of benzene rings is 1. The largest absolute Gasteiger partial charge is 0.451 e. The van der Waals surface area contributed by atoms with Gasteiger partial charge in [-0.2, -0.15) is 5.10 Å². The highest BCUT2D eigenvalue weighted by atomic mass is 35.5. The van der Waals surface area contributed by atoms with Gasteiger partial charge >= 0.3 is 0 Å². The average molecular weight is 344 g/mol. The quantitative estimate of drug-likeness (QED) is 0.754. The van der Waals surface area contributed by atoms with Crippen molar-refractivity contribution in [3.05, 3.63) is 65.1 Å². The fourth-order valence-electron chi connectivity index (χ4n) is 2.61. The van der Waals surface area contributed by atoms with Gasteiger partial charge in [0.25, 0.3) is 5.91 Å². The average Bonchev–Trinajstić information content (AvgIpc) is 3.22. The number of aromatic nitrogens is 2. The molecule has 1 atom stereocenters. The Labute approximate surface area is 145 Å². The van der Waals surface area contributed by atoms with Crippen molar-refractivity contribution in [2.24, 2.45) is 7.05 Å². The molecule has 24 heavy (non-hydrogen) atoms. The molecule has 3 aromatic rings. The highest BCUT2D eigenvalue weighted by Gasteiger charge is 2.19. The van der Waals surface area contributed by atoms with Gasteiger partial charge in [0, 0.05) is 18.8 Å². The zero-order chi connectivity index (χ0) is 17.1. The van der Waals surface area contributed by atoms with Crippen molar-refractivity contribution in [2.75, 3.05) is 0 Å². The van der Waals surface area contributed by atoms with Crippen LogP contribution in [0.3, 0.4) is 0 Å². The Hall–Kier alpha value is -2.53. The third-order valence-corrected chi connectivity index (χ3v) is 4.23. The molecule has 0 aliphatic carbocycles. The molecule has 1 amide bonds. The van der Waals surface area contributed by atoms with E-state index in [1.807, 2.05) is 38.2 Å². The van der Waals surface area contributed by atoms with E-state index in [4.69, 9.17) is 16.0 Å². The maximum atomic E-state index is 12.5. The van der Waals surface area contributed by atoms with Gasteiger partial charge in [0.05, 0.1) is 16.8 Å².